The van der Waals surface area contributed by atoms with Crippen LogP contribution in [0, 0.1) is 10.1 Å². The maximum absolute atomic E-state index is 13.2. The highest BCUT2D eigenvalue weighted by atomic mass is 19.4. The van der Waals surface area contributed by atoms with Gasteiger partial charge in [-0.2, -0.15) is 13.2 Å². The van der Waals surface area contributed by atoms with Crippen molar-refractivity contribution in [1.82, 2.24) is 14.8 Å². The Kier molecular flexibility index (Phi) is 6.61. The highest BCUT2D eigenvalue weighted by Crippen LogP contribution is 2.31. The van der Waals surface area contributed by atoms with Crippen LogP contribution in [0.25, 0.3) is 0 Å². The van der Waals surface area contributed by atoms with Gasteiger partial charge in [0.05, 0.1) is 22.7 Å². The molecule has 32 heavy (non-hydrogen) atoms. The highest BCUT2D eigenvalue weighted by Gasteiger charge is 2.32. The maximum Gasteiger partial charge on any atom is 0.416 e. The summed E-state index contributed by atoms with van der Waals surface area (Å²) in [6.45, 7) is -0.214. The summed E-state index contributed by atoms with van der Waals surface area (Å²) in [7, 11) is 0. The van der Waals surface area contributed by atoms with E-state index in [0.29, 0.717) is 19.4 Å². The predicted molar refractivity (Wildman–Crippen MR) is 105 cm³/mol. The third-order valence-corrected chi connectivity index (χ3v) is 5.02. The summed E-state index contributed by atoms with van der Waals surface area (Å²) >= 11 is 0. The first-order chi connectivity index (χ1) is 15.0. The zero-order valence-electron chi connectivity index (χ0n) is 16.7. The predicted octanol–water partition coefficient (Wildman–Crippen LogP) is 2.26. The minimum Gasteiger partial charge on any atom is -0.346 e. The van der Waals surface area contributed by atoms with Crippen molar-refractivity contribution >= 4 is 17.5 Å². The molecule has 1 unspecified atom stereocenters. The number of halogens is 3. The van der Waals surface area contributed by atoms with Crippen LogP contribution in [0.3, 0.4) is 0 Å². The van der Waals surface area contributed by atoms with Gasteiger partial charge in [-0.1, -0.05) is 12.1 Å². The van der Waals surface area contributed by atoms with Crippen LogP contribution in [0.4, 0.5) is 18.9 Å². The number of nitrogens with zero attached hydrogens (tertiary/aromatic N) is 3. The lowest BCUT2D eigenvalue weighted by atomic mass is 10.0. The van der Waals surface area contributed by atoms with E-state index in [4.69, 9.17) is 0 Å². The minimum atomic E-state index is -4.59. The molecule has 1 aliphatic rings. The van der Waals surface area contributed by atoms with E-state index in [1.165, 1.54) is 17.0 Å². The van der Waals surface area contributed by atoms with Crippen LogP contribution in [0.2, 0.25) is 0 Å². The molecule has 0 bridgehead atoms. The van der Waals surface area contributed by atoms with Gasteiger partial charge >= 0.3 is 6.18 Å². The van der Waals surface area contributed by atoms with E-state index in [0.717, 1.165) is 35.0 Å². The lowest BCUT2D eigenvalue weighted by Gasteiger charge is -2.26. The number of carbonyl (C=O) groups excluding carboxylic acids is 2. The molecule has 12 heteroatoms. The molecule has 1 aromatic carbocycles. The number of likely N-dealkylation sites (tertiary alicyclic amines) is 1. The molecule has 1 N–H and O–H groups in total. The Balaban J connectivity index is 1.85. The molecule has 1 aliphatic heterocycles. The maximum atomic E-state index is 13.2. The molecule has 170 valence electrons. The van der Waals surface area contributed by atoms with Gasteiger partial charge in [-0.15, -0.1) is 0 Å². The van der Waals surface area contributed by atoms with Crippen molar-refractivity contribution in [1.29, 1.82) is 0 Å². The quantitative estimate of drug-likeness (QED) is 0.511. The fourth-order valence-electron chi connectivity index (χ4n) is 3.43. The third kappa shape index (κ3) is 5.50. The zero-order chi connectivity index (χ0) is 23.5. The summed E-state index contributed by atoms with van der Waals surface area (Å²) in [4.78, 5) is 48.2. The third-order valence-electron chi connectivity index (χ3n) is 5.02. The summed E-state index contributed by atoms with van der Waals surface area (Å²) in [5.74, 6) is -0.923. The Morgan fingerprint density at radius 3 is 2.59 bits per heavy atom. The van der Waals surface area contributed by atoms with Gasteiger partial charge in [-0.25, -0.2) is 0 Å². The molecule has 1 aromatic heterocycles. The molecule has 1 atom stereocenters. The molecule has 3 rings (SSSR count). The lowest BCUT2D eigenvalue weighted by molar-refractivity contribution is -0.385. The second-order valence-electron chi connectivity index (χ2n) is 7.30. The van der Waals surface area contributed by atoms with Crippen LogP contribution in [-0.2, 0) is 22.3 Å². The first-order valence-corrected chi connectivity index (χ1v) is 9.64. The fraction of sp³-hybridized carbons (Fsp3) is 0.350. The SMILES string of the molecule is O=C(Cn1cc([N+](=O)[O-])ccc1=O)NC(CN1CCCC1=O)c1cccc(C(F)(F)F)c1. The van der Waals surface area contributed by atoms with E-state index in [-0.39, 0.29) is 18.0 Å². The monoisotopic (exact) mass is 452 g/mol. The molecule has 0 saturated carbocycles. The number of pyridine rings is 1. The van der Waals surface area contributed by atoms with Crippen molar-refractivity contribution in [2.24, 2.45) is 0 Å². The number of alkyl halides is 3. The summed E-state index contributed by atoms with van der Waals surface area (Å²) < 4.78 is 40.3. The van der Waals surface area contributed by atoms with Crippen LogP contribution in [0.1, 0.15) is 30.0 Å². The van der Waals surface area contributed by atoms with Crippen LogP contribution in [-0.4, -0.2) is 39.3 Å². The normalized spacial score (nSPS) is 15.0. The molecule has 2 aromatic rings. The van der Waals surface area contributed by atoms with Crippen molar-refractivity contribution < 1.29 is 27.7 Å². The van der Waals surface area contributed by atoms with E-state index in [1.807, 2.05) is 0 Å². The van der Waals surface area contributed by atoms with Crippen LogP contribution in [0.5, 0.6) is 0 Å². The smallest absolute Gasteiger partial charge is 0.346 e. The Labute approximate surface area is 179 Å². The molecular formula is C20H19F3N4O5. The van der Waals surface area contributed by atoms with Gasteiger partial charge in [0.25, 0.3) is 11.2 Å². The molecule has 2 heterocycles. The van der Waals surface area contributed by atoms with Crippen molar-refractivity contribution in [3.63, 3.8) is 0 Å². The zero-order valence-corrected chi connectivity index (χ0v) is 16.7. The first kappa shape index (κ1) is 23.0. The number of hydrogen-bond acceptors (Lipinski definition) is 5. The first-order valence-electron chi connectivity index (χ1n) is 9.64. The standard InChI is InChI=1S/C20H19F3N4O5/c21-20(22,23)14-4-1-3-13(9-14)16(11-25-8-2-5-18(25)29)24-17(28)12-26-10-15(27(31)32)6-7-19(26)30/h1,3-4,6-7,9-10,16H,2,5,8,11-12H2,(H,24,28). The van der Waals surface area contributed by atoms with Crippen molar-refractivity contribution in [3.8, 4) is 0 Å². The van der Waals surface area contributed by atoms with Crippen LogP contribution < -0.4 is 10.9 Å². The molecule has 2 amide bonds. The fourth-order valence-corrected chi connectivity index (χ4v) is 3.43. The second-order valence-corrected chi connectivity index (χ2v) is 7.30. The molecule has 1 fully saturated rings. The highest BCUT2D eigenvalue weighted by molar-refractivity contribution is 5.79. The van der Waals surface area contributed by atoms with Gasteiger partial charge < -0.3 is 10.2 Å². The van der Waals surface area contributed by atoms with Gasteiger partial charge in [0.2, 0.25) is 11.8 Å². The summed E-state index contributed by atoms with van der Waals surface area (Å²) in [6, 6.07) is 5.37. The van der Waals surface area contributed by atoms with Crippen molar-refractivity contribution in [3.05, 3.63) is 74.2 Å². The molecule has 0 aliphatic carbocycles. The Morgan fingerprint density at radius 2 is 1.97 bits per heavy atom. The van der Waals surface area contributed by atoms with E-state index in [1.54, 1.807) is 0 Å². The topological polar surface area (TPSA) is 115 Å². The van der Waals surface area contributed by atoms with Gasteiger partial charge in [0.15, 0.2) is 0 Å². The number of nitro groups is 1. The Hall–Kier alpha value is -3.70. The molecule has 0 spiro atoms. The number of hydrogen-bond donors (Lipinski definition) is 1. The van der Waals surface area contributed by atoms with Crippen molar-refractivity contribution in [2.45, 2.75) is 31.6 Å². The molecule has 0 radical (unpaired) electrons. The number of amides is 2. The number of rotatable bonds is 7. The van der Waals surface area contributed by atoms with E-state index in [2.05, 4.69) is 5.32 Å². The lowest BCUT2D eigenvalue weighted by Crippen LogP contribution is -2.40. The van der Waals surface area contributed by atoms with Gasteiger partial charge in [0.1, 0.15) is 6.54 Å². The average molecular weight is 452 g/mol. The Bertz CT molecular complexity index is 1100. The number of nitrogens with one attached hydrogen (secondary N) is 1. The number of benzene rings is 1. The van der Waals surface area contributed by atoms with E-state index < -0.39 is 46.4 Å². The van der Waals surface area contributed by atoms with Gasteiger partial charge in [-0.3, -0.25) is 29.1 Å². The van der Waals surface area contributed by atoms with E-state index >= 15 is 0 Å². The Morgan fingerprint density at radius 1 is 1.22 bits per heavy atom. The molecular weight excluding hydrogens is 433 g/mol. The van der Waals surface area contributed by atoms with Crippen LogP contribution >= 0.6 is 0 Å². The van der Waals surface area contributed by atoms with E-state index in [9.17, 15) is 37.7 Å². The van der Waals surface area contributed by atoms with Crippen molar-refractivity contribution in [2.75, 3.05) is 13.1 Å². The summed E-state index contributed by atoms with van der Waals surface area (Å²) in [6.07, 6.45) is -2.77. The van der Waals surface area contributed by atoms with Crippen LogP contribution in [0.15, 0.2) is 47.4 Å². The average Bonchev–Trinajstić information content (AvgIpc) is 3.13. The minimum absolute atomic E-state index is 0.0459. The molecule has 9 nitrogen and oxygen atoms in total. The number of carbonyl (C=O) groups is 2. The largest absolute Gasteiger partial charge is 0.416 e. The second kappa shape index (κ2) is 9.20. The summed E-state index contributed by atoms with van der Waals surface area (Å²) in [5, 5.41) is 13.5. The summed E-state index contributed by atoms with van der Waals surface area (Å²) in [5.41, 5.74) is -1.82. The molecule has 1 saturated heterocycles. The van der Waals surface area contributed by atoms with Gasteiger partial charge in [0, 0.05) is 31.6 Å². The number of aromatic nitrogens is 1. The van der Waals surface area contributed by atoms with Gasteiger partial charge in [-0.05, 0) is 24.1 Å².